The van der Waals surface area contributed by atoms with Crippen LogP contribution < -0.4 is 5.32 Å². The number of Topliss-reactive ketones (excluding diaryl/α,β-unsaturated/α-hetero) is 1. The minimum Gasteiger partial charge on any atom is -0.336 e. The summed E-state index contributed by atoms with van der Waals surface area (Å²) in [6.07, 6.45) is 5.05. The Bertz CT molecular complexity index is 766. The van der Waals surface area contributed by atoms with Crippen LogP contribution >= 0.6 is 0 Å². The van der Waals surface area contributed by atoms with E-state index < -0.39 is 0 Å². The minimum absolute atomic E-state index is 0.0121. The van der Waals surface area contributed by atoms with E-state index in [1.165, 1.54) is 5.56 Å². The van der Waals surface area contributed by atoms with E-state index >= 15 is 0 Å². The van der Waals surface area contributed by atoms with Crippen LogP contribution in [-0.4, -0.2) is 45.8 Å². The number of ketones is 1. The highest BCUT2D eigenvalue weighted by Crippen LogP contribution is 2.22. The number of piperazine rings is 1. The lowest BCUT2D eigenvalue weighted by molar-refractivity contribution is -0.134. The average molecular weight is 354 g/mol. The third-order valence-corrected chi connectivity index (χ3v) is 4.97. The van der Waals surface area contributed by atoms with Crippen LogP contribution in [0.1, 0.15) is 47.6 Å². The molecule has 6 nitrogen and oxygen atoms in total. The molecule has 1 unspecified atom stereocenters. The topological polar surface area (TPSA) is 67.2 Å². The molecule has 1 fully saturated rings. The molecular formula is C20H26N4O2. The van der Waals surface area contributed by atoms with Crippen molar-refractivity contribution in [1.82, 2.24) is 19.8 Å². The molecule has 1 atom stereocenters. The first-order valence-electron chi connectivity index (χ1n) is 9.19. The number of amides is 1. The molecule has 0 radical (unpaired) electrons. The van der Waals surface area contributed by atoms with Crippen molar-refractivity contribution in [2.45, 2.75) is 32.2 Å². The number of carbonyl (C=O) groups is 2. The first-order chi connectivity index (χ1) is 12.6. The molecule has 0 aliphatic carbocycles. The second kappa shape index (κ2) is 8.27. The molecule has 3 rings (SSSR count). The monoisotopic (exact) mass is 354 g/mol. The quantitative estimate of drug-likeness (QED) is 0.807. The first kappa shape index (κ1) is 18.3. The number of nitrogens with one attached hydrogen (secondary N) is 1. The van der Waals surface area contributed by atoms with Gasteiger partial charge in [0.1, 0.15) is 11.9 Å². The van der Waals surface area contributed by atoms with Gasteiger partial charge in [-0.3, -0.25) is 9.59 Å². The number of aryl methyl sites for hydroxylation is 2. The second-order valence-electron chi connectivity index (χ2n) is 6.68. The Labute approximate surface area is 154 Å². The number of carbonyl (C=O) groups excluding carboxylic acids is 2. The van der Waals surface area contributed by atoms with E-state index in [0.717, 1.165) is 18.8 Å². The van der Waals surface area contributed by atoms with E-state index in [1.807, 2.05) is 47.0 Å². The van der Waals surface area contributed by atoms with Crippen molar-refractivity contribution < 1.29 is 9.59 Å². The number of imidazole rings is 1. The number of nitrogens with zero attached hydrogens (tertiary/aromatic N) is 3. The third kappa shape index (κ3) is 4.02. The van der Waals surface area contributed by atoms with Crippen molar-refractivity contribution >= 4 is 11.7 Å². The number of aromatic nitrogens is 2. The summed E-state index contributed by atoms with van der Waals surface area (Å²) in [7, 11) is 1.93. The van der Waals surface area contributed by atoms with E-state index in [4.69, 9.17) is 0 Å². The molecule has 1 saturated heterocycles. The smallest absolute Gasteiger partial charge is 0.223 e. The molecule has 1 aliphatic heterocycles. The predicted octanol–water partition coefficient (Wildman–Crippen LogP) is 2.12. The molecule has 26 heavy (non-hydrogen) atoms. The van der Waals surface area contributed by atoms with Gasteiger partial charge in [-0.25, -0.2) is 4.98 Å². The van der Waals surface area contributed by atoms with Gasteiger partial charge < -0.3 is 14.8 Å². The fourth-order valence-corrected chi connectivity index (χ4v) is 3.37. The molecule has 0 bridgehead atoms. The van der Waals surface area contributed by atoms with Crippen LogP contribution in [-0.2, 0) is 18.3 Å². The predicted molar refractivity (Wildman–Crippen MR) is 99.9 cm³/mol. The summed E-state index contributed by atoms with van der Waals surface area (Å²) in [5.41, 5.74) is 1.88. The molecule has 0 saturated carbocycles. The van der Waals surface area contributed by atoms with Gasteiger partial charge in [-0.2, -0.15) is 0 Å². The van der Waals surface area contributed by atoms with Gasteiger partial charge in [0.15, 0.2) is 5.78 Å². The van der Waals surface area contributed by atoms with Gasteiger partial charge in [-0.05, 0) is 12.0 Å². The van der Waals surface area contributed by atoms with Crippen molar-refractivity contribution in [2.24, 2.45) is 7.05 Å². The minimum atomic E-state index is -0.0878. The molecule has 2 heterocycles. The lowest BCUT2D eigenvalue weighted by Gasteiger charge is -2.35. The molecule has 2 aromatic rings. The van der Waals surface area contributed by atoms with E-state index in [1.54, 1.807) is 6.20 Å². The summed E-state index contributed by atoms with van der Waals surface area (Å²) >= 11 is 0. The molecule has 1 amide bonds. The van der Waals surface area contributed by atoms with Crippen LogP contribution in [0.4, 0.5) is 0 Å². The summed E-state index contributed by atoms with van der Waals surface area (Å²) in [6.45, 7) is 4.17. The van der Waals surface area contributed by atoms with Crippen molar-refractivity contribution in [3.63, 3.8) is 0 Å². The Morgan fingerprint density at radius 1 is 1.23 bits per heavy atom. The second-order valence-corrected chi connectivity index (χ2v) is 6.68. The Balaban J connectivity index is 1.62. The first-order valence-corrected chi connectivity index (χ1v) is 9.19. The van der Waals surface area contributed by atoms with Crippen LogP contribution in [0.5, 0.6) is 0 Å². The average Bonchev–Trinajstić information content (AvgIpc) is 3.11. The zero-order valence-corrected chi connectivity index (χ0v) is 15.4. The van der Waals surface area contributed by atoms with Crippen LogP contribution in [0, 0.1) is 0 Å². The molecule has 1 aliphatic rings. The highest BCUT2D eigenvalue weighted by atomic mass is 16.2. The molecule has 1 aromatic carbocycles. The summed E-state index contributed by atoms with van der Waals surface area (Å²) in [4.78, 5) is 31.4. The van der Waals surface area contributed by atoms with Gasteiger partial charge in [-0.15, -0.1) is 0 Å². The van der Waals surface area contributed by atoms with Gasteiger partial charge >= 0.3 is 0 Å². The summed E-state index contributed by atoms with van der Waals surface area (Å²) in [5, 5.41) is 3.32. The lowest BCUT2D eigenvalue weighted by Crippen LogP contribution is -2.49. The molecule has 1 aromatic heterocycles. The van der Waals surface area contributed by atoms with Crippen molar-refractivity contribution in [2.75, 3.05) is 19.6 Å². The lowest BCUT2D eigenvalue weighted by atomic mass is 10.0. The molecular weight excluding hydrogens is 328 g/mol. The Kier molecular flexibility index (Phi) is 5.83. The van der Waals surface area contributed by atoms with Crippen molar-refractivity contribution in [3.8, 4) is 0 Å². The molecule has 6 heteroatoms. The number of rotatable bonds is 6. The molecule has 0 spiro atoms. The highest BCUT2D eigenvalue weighted by Gasteiger charge is 2.30. The zero-order valence-electron chi connectivity index (χ0n) is 15.4. The van der Waals surface area contributed by atoms with Crippen LogP contribution in [0.3, 0.4) is 0 Å². The van der Waals surface area contributed by atoms with E-state index in [0.29, 0.717) is 18.7 Å². The summed E-state index contributed by atoms with van der Waals surface area (Å²) in [5.74, 6) is 0.898. The maximum Gasteiger partial charge on any atom is 0.223 e. The maximum absolute atomic E-state index is 12.8. The fourth-order valence-electron chi connectivity index (χ4n) is 3.37. The SMILES string of the molecule is CCc1ccc(C(=O)CCC(=O)N2CCNCC2c2nccn2C)cc1. The van der Waals surface area contributed by atoms with E-state index in [2.05, 4.69) is 17.2 Å². The number of benzene rings is 1. The number of hydrogen-bond acceptors (Lipinski definition) is 4. The van der Waals surface area contributed by atoms with Crippen LogP contribution in [0.25, 0.3) is 0 Å². The Morgan fingerprint density at radius 2 is 2.00 bits per heavy atom. The van der Waals surface area contributed by atoms with Gasteiger partial charge in [0.25, 0.3) is 0 Å². The summed E-state index contributed by atoms with van der Waals surface area (Å²) < 4.78 is 1.94. The van der Waals surface area contributed by atoms with E-state index in [9.17, 15) is 9.59 Å². The van der Waals surface area contributed by atoms with Crippen molar-refractivity contribution in [1.29, 1.82) is 0 Å². The highest BCUT2D eigenvalue weighted by molar-refractivity contribution is 5.98. The van der Waals surface area contributed by atoms with E-state index in [-0.39, 0.29) is 30.6 Å². The van der Waals surface area contributed by atoms with Crippen LogP contribution in [0.15, 0.2) is 36.7 Å². The molecule has 1 N–H and O–H groups in total. The largest absolute Gasteiger partial charge is 0.336 e. The Morgan fingerprint density at radius 3 is 2.65 bits per heavy atom. The van der Waals surface area contributed by atoms with Gasteiger partial charge in [0, 0.05) is 57.5 Å². The molecule has 138 valence electrons. The van der Waals surface area contributed by atoms with Gasteiger partial charge in [-0.1, -0.05) is 31.2 Å². The van der Waals surface area contributed by atoms with Gasteiger partial charge in [0.05, 0.1) is 0 Å². The normalized spacial score (nSPS) is 17.3. The fraction of sp³-hybridized carbons (Fsp3) is 0.450. The third-order valence-electron chi connectivity index (χ3n) is 4.97. The zero-order chi connectivity index (χ0) is 18.5. The van der Waals surface area contributed by atoms with Crippen molar-refractivity contribution in [3.05, 3.63) is 53.6 Å². The maximum atomic E-state index is 12.8. The number of hydrogen-bond donors (Lipinski definition) is 1. The van der Waals surface area contributed by atoms with Crippen LogP contribution in [0.2, 0.25) is 0 Å². The standard InChI is InChI=1S/C20H26N4O2/c1-3-15-4-6-16(7-5-15)18(25)8-9-19(26)24-13-10-21-14-17(24)20-22-11-12-23(20)2/h4-7,11-12,17,21H,3,8-10,13-14H2,1-2H3. The summed E-state index contributed by atoms with van der Waals surface area (Å²) in [6, 6.07) is 7.57. The Hall–Kier alpha value is -2.47. The van der Waals surface area contributed by atoms with Gasteiger partial charge in [0.2, 0.25) is 5.91 Å².